The van der Waals surface area contributed by atoms with Gasteiger partial charge in [-0.05, 0) is 18.2 Å². The largest absolute Gasteiger partial charge is 0.367 e. The second kappa shape index (κ2) is 5.14. The van der Waals surface area contributed by atoms with Gasteiger partial charge in [0.25, 0.3) is 11.8 Å². The number of nitrogens with two attached hydrogens (primary N) is 1. The highest BCUT2D eigenvalue weighted by atomic mass is 79.9. The highest BCUT2D eigenvalue weighted by Gasteiger charge is 2.14. The summed E-state index contributed by atoms with van der Waals surface area (Å²) in [7, 11) is 0. The van der Waals surface area contributed by atoms with Gasteiger partial charge < -0.3 is 11.1 Å². The molecule has 0 saturated heterocycles. The number of benzene rings is 1. The molecule has 0 aliphatic heterocycles. The molecule has 1 atom stereocenters. The quantitative estimate of drug-likeness (QED) is 0.650. The molecule has 1 aromatic carbocycles. The van der Waals surface area contributed by atoms with E-state index in [1.54, 1.807) is 18.2 Å². The van der Waals surface area contributed by atoms with E-state index >= 15 is 0 Å². The normalized spacial score (nSPS) is 11.9. The van der Waals surface area contributed by atoms with Crippen molar-refractivity contribution in [1.29, 1.82) is 0 Å². The summed E-state index contributed by atoms with van der Waals surface area (Å²) in [5, 5.41) is 2.82. The number of carbonyl (C=O) groups excluding carboxylic acids is 2. The predicted octanol–water partition coefficient (Wildman–Crippen LogP) is 1.28. The van der Waals surface area contributed by atoms with Gasteiger partial charge in [-0.2, -0.15) is 0 Å². The van der Waals surface area contributed by atoms with Crippen molar-refractivity contribution < 1.29 is 9.59 Å². The van der Waals surface area contributed by atoms with Crippen molar-refractivity contribution in [2.45, 2.75) is 4.95 Å². The third-order valence-electron chi connectivity index (χ3n) is 1.59. The second-order valence-corrected chi connectivity index (χ2v) is 4.10. The molecular weight excluding hydrogens is 283 g/mol. The van der Waals surface area contributed by atoms with Gasteiger partial charge in [-0.25, -0.2) is 0 Å². The molecule has 15 heavy (non-hydrogen) atoms. The van der Waals surface area contributed by atoms with Gasteiger partial charge in [-0.3, -0.25) is 9.59 Å². The van der Waals surface area contributed by atoms with Crippen LogP contribution in [0.2, 0.25) is 5.02 Å². The van der Waals surface area contributed by atoms with Gasteiger partial charge >= 0.3 is 0 Å². The van der Waals surface area contributed by atoms with Gasteiger partial charge in [-0.1, -0.05) is 33.6 Å². The number of hydrogen-bond donors (Lipinski definition) is 2. The topological polar surface area (TPSA) is 72.2 Å². The van der Waals surface area contributed by atoms with Crippen molar-refractivity contribution in [2.24, 2.45) is 5.73 Å². The molecule has 80 valence electrons. The van der Waals surface area contributed by atoms with Gasteiger partial charge in [0.05, 0.1) is 0 Å². The minimum atomic E-state index is -0.885. The van der Waals surface area contributed by atoms with Crippen molar-refractivity contribution in [1.82, 2.24) is 5.32 Å². The van der Waals surface area contributed by atoms with Crippen LogP contribution in [0, 0.1) is 0 Å². The zero-order valence-corrected chi connectivity index (χ0v) is 9.88. The molecule has 6 heteroatoms. The van der Waals surface area contributed by atoms with Crippen LogP contribution >= 0.6 is 27.5 Å². The minimum Gasteiger partial charge on any atom is -0.367 e. The molecule has 1 rings (SSSR count). The van der Waals surface area contributed by atoms with Crippen molar-refractivity contribution in [3.05, 3.63) is 34.9 Å². The fourth-order valence-electron chi connectivity index (χ4n) is 0.899. The molecule has 2 amide bonds. The Morgan fingerprint density at radius 1 is 1.47 bits per heavy atom. The molecule has 0 bridgehead atoms. The summed E-state index contributed by atoms with van der Waals surface area (Å²) >= 11 is 8.62. The first-order chi connectivity index (χ1) is 7.00. The highest BCUT2D eigenvalue weighted by molar-refractivity contribution is 9.10. The standard InChI is InChI=1S/C9H8BrClN2O2/c10-7(8(12)14)13-9(15)5-2-1-3-6(11)4-5/h1-4,7H,(H2,12,14)(H,13,15). The van der Waals surface area contributed by atoms with Gasteiger partial charge in [0.2, 0.25) is 0 Å². The summed E-state index contributed by atoms with van der Waals surface area (Å²) < 4.78 is 0. The van der Waals surface area contributed by atoms with Crippen LogP contribution in [0.5, 0.6) is 0 Å². The summed E-state index contributed by atoms with van der Waals surface area (Å²) in [6.07, 6.45) is 0. The van der Waals surface area contributed by atoms with Gasteiger partial charge in [0.1, 0.15) is 0 Å². The number of primary amides is 1. The van der Waals surface area contributed by atoms with Crippen LogP contribution in [0.25, 0.3) is 0 Å². The predicted molar refractivity (Wildman–Crippen MR) is 60.8 cm³/mol. The monoisotopic (exact) mass is 290 g/mol. The van der Waals surface area contributed by atoms with Crippen LogP contribution in [0.4, 0.5) is 0 Å². The number of alkyl halides is 1. The average Bonchev–Trinajstić information content (AvgIpc) is 2.17. The number of carbonyl (C=O) groups is 2. The summed E-state index contributed by atoms with van der Waals surface area (Å²) in [6.45, 7) is 0. The number of amides is 2. The molecule has 0 aliphatic rings. The van der Waals surface area contributed by atoms with E-state index in [-0.39, 0.29) is 0 Å². The first-order valence-electron chi connectivity index (χ1n) is 4.00. The Morgan fingerprint density at radius 2 is 2.13 bits per heavy atom. The van der Waals surface area contributed by atoms with Gasteiger partial charge in [0, 0.05) is 10.6 Å². The second-order valence-electron chi connectivity index (χ2n) is 2.75. The molecule has 1 unspecified atom stereocenters. The van der Waals surface area contributed by atoms with E-state index in [1.807, 2.05) is 0 Å². The lowest BCUT2D eigenvalue weighted by molar-refractivity contribution is -0.117. The van der Waals surface area contributed by atoms with Gasteiger partial charge in [0.15, 0.2) is 4.95 Å². The maximum Gasteiger partial charge on any atom is 0.252 e. The maximum atomic E-state index is 11.5. The summed E-state index contributed by atoms with van der Waals surface area (Å²) in [5.74, 6) is -1.08. The van der Waals surface area contributed by atoms with Crippen molar-refractivity contribution in [2.75, 3.05) is 0 Å². The van der Waals surface area contributed by atoms with Crippen LogP contribution in [0.15, 0.2) is 24.3 Å². The number of hydrogen-bond acceptors (Lipinski definition) is 2. The molecule has 4 nitrogen and oxygen atoms in total. The zero-order chi connectivity index (χ0) is 11.4. The third kappa shape index (κ3) is 3.53. The summed E-state index contributed by atoms with van der Waals surface area (Å²) in [4.78, 5) is 21.3. The smallest absolute Gasteiger partial charge is 0.252 e. The fraction of sp³-hybridized carbons (Fsp3) is 0.111. The first kappa shape index (κ1) is 12.0. The Labute approximate surface area is 99.9 Å². The number of nitrogens with one attached hydrogen (secondary N) is 1. The average molecular weight is 292 g/mol. The van der Waals surface area contributed by atoms with Crippen molar-refractivity contribution in [3.63, 3.8) is 0 Å². The van der Waals surface area contributed by atoms with Gasteiger partial charge in [-0.15, -0.1) is 0 Å². The fourth-order valence-corrected chi connectivity index (χ4v) is 1.30. The summed E-state index contributed by atoms with van der Waals surface area (Å²) in [5.41, 5.74) is 5.33. The van der Waals surface area contributed by atoms with E-state index in [2.05, 4.69) is 21.2 Å². The molecule has 3 N–H and O–H groups in total. The lowest BCUT2D eigenvalue weighted by atomic mass is 10.2. The maximum absolute atomic E-state index is 11.5. The van der Waals surface area contributed by atoms with E-state index in [4.69, 9.17) is 17.3 Å². The molecule has 0 fully saturated rings. The molecule has 0 spiro atoms. The Kier molecular flexibility index (Phi) is 4.11. The highest BCUT2D eigenvalue weighted by Crippen LogP contribution is 2.10. The first-order valence-corrected chi connectivity index (χ1v) is 5.30. The summed E-state index contributed by atoms with van der Waals surface area (Å²) in [6, 6.07) is 6.38. The van der Waals surface area contributed by atoms with E-state index < -0.39 is 16.8 Å². The van der Waals surface area contributed by atoms with Crippen LogP contribution < -0.4 is 11.1 Å². The van der Waals surface area contributed by atoms with Crippen molar-refractivity contribution in [3.8, 4) is 0 Å². The Hall–Kier alpha value is -1.07. The van der Waals surface area contributed by atoms with E-state index in [9.17, 15) is 9.59 Å². The minimum absolute atomic E-state index is 0.369. The SMILES string of the molecule is NC(=O)C(Br)NC(=O)c1cccc(Cl)c1. The number of rotatable bonds is 3. The lowest BCUT2D eigenvalue weighted by Crippen LogP contribution is -2.40. The molecular formula is C9H8BrClN2O2. The molecule has 1 aromatic rings. The molecule has 0 saturated carbocycles. The van der Waals surface area contributed by atoms with E-state index in [0.717, 1.165) is 0 Å². The van der Waals surface area contributed by atoms with E-state index in [1.165, 1.54) is 6.07 Å². The van der Waals surface area contributed by atoms with Crippen molar-refractivity contribution >= 4 is 39.3 Å². The van der Waals surface area contributed by atoms with Crippen LogP contribution in [-0.4, -0.2) is 16.8 Å². The Morgan fingerprint density at radius 3 is 2.67 bits per heavy atom. The van der Waals surface area contributed by atoms with E-state index in [0.29, 0.717) is 10.6 Å². The molecule has 0 aliphatic carbocycles. The Bertz CT molecular complexity index is 397. The number of halogens is 2. The molecule has 0 aromatic heterocycles. The third-order valence-corrected chi connectivity index (χ3v) is 2.51. The zero-order valence-electron chi connectivity index (χ0n) is 7.54. The molecule has 0 heterocycles. The lowest BCUT2D eigenvalue weighted by Gasteiger charge is -2.08. The Balaban J connectivity index is 2.73. The van der Waals surface area contributed by atoms with Crippen LogP contribution in [0.1, 0.15) is 10.4 Å². The van der Waals surface area contributed by atoms with Crippen LogP contribution in [0.3, 0.4) is 0 Å². The molecule has 0 radical (unpaired) electrons. The van der Waals surface area contributed by atoms with Crippen LogP contribution in [-0.2, 0) is 4.79 Å².